The van der Waals surface area contributed by atoms with Crippen molar-refractivity contribution < 1.29 is 23.7 Å². The van der Waals surface area contributed by atoms with Gasteiger partial charge in [-0.15, -0.1) is 0 Å². The number of hydrogen-bond donors (Lipinski definition) is 0. The summed E-state index contributed by atoms with van der Waals surface area (Å²) in [5.41, 5.74) is 0. The molecule has 0 radical (unpaired) electrons. The van der Waals surface area contributed by atoms with Crippen molar-refractivity contribution in [3.8, 4) is 0 Å². The predicted octanol–water partition coefficient (Wildman–Crippen LogP) is 2.18. The molecule has 19 heavy (non-hydrogen) atoms. The topological polar surface area (TPSA) is 54.0 Å². The average Bonchev–Trinajstić information content (AvgIpc) is 2.38. The van der Waals surface area contributed by atoms with Crippen LogP contribution >= 0.6 is 0 Å². The third-order valence-corrected chi connectivity index (χ3v) is 2.50. The molecule has 0 spiro atoms. The Balaban J connectivity index is 4.29. The number of carbonyl (C=O) groups is 1. The molecule has 5 heteroatoms. The van der Waals surface area contributed by atoms with Gasteiger partial charge in [0.15, 0.2) is 6.29 Å². The van der Waals surface area contributed by atoms with Crippen molar-refractivity contribution in [3.05, 3.63) is 0 Å². The Bertz CT molecular complexity index is 214. The number of hydrogen-bond acceptors (Lipinski definition) is 5. The number of Topliss-reactive ketones (excluding diaryl/α,β-unsaturated/α-hetero) is 1. The zero-order valence-corrected chi connectivity index (χ0v) is 12.6. The molecule has 114 valence electrons. The van der Waals surface area contributed by atoms with Gasteiger partial charge in [0.05, 0.1) is 6.61 Å². The first-order chi connectivity index (χ1) is 9.19. The lowest BCUT2D eigenvalue weighted by molar-refractivity contribution is -0.203. The highest BCUT2D eigenvalue weighted by molar-refractivity contribution is 5.79. The molecule has 0 heterocycles. The lowest BCUT2D eigenvalue weighted by atomic mass is 10.1. The fraction of sp³-hybridized carbons (Fsp3) is 0.929. The zero-order valence-electron chi connectivity index (χ0n) is 12.6. The van der Waals surface area contributed by atoms with Gasteiger partial charge in [-0.1, -0.05) is 0 Å². The molecule has 0 rings (SSSR count). The fourth-order valence-electron chi connectivity index (χ4n) is 1.70. The molecule has 0 aliphatic heterocycles. The smallest absolute Gasteiger partial charge is 0.184 e. The third-order valence-electron chi connectivity index (χ3n) is 2.50. The second-order valence-corrected chi connectivity index (χ2v) is 3.96. The largest absolute Gasteiger partial charge is 0.381 e. The van der Waals surface area contributed by atoms with Crippen molar-refractivity contribution in [2.75, 3.05) is 33.0 Å². The molecule has 0 aromatic carbocycles. The van der Waals surface area contributed by atoms with Crippen molar-refractivity contribution in [2.45, 2.75) is 52.9 Å². The Hall–Kier alpha value is -0.490. The first-order valence-corrected chi connectivity index (χ1v) is 7.13. The summed E-state index contributed by atoms with van der Waals surface area (Å²) < 4.78 is 21.7. The van der Waals surface area contributed by atoms with E-state index < -0.39 is 6.29 Å². The van der Waals surface area contributed by atoms with Gasteiger partial charge >= 0.3 is 0 Å². The maximum Gasteiger partial charge on any atom is 0.184 e. The van der Waals surface area contributed by atoms with Gasteiger partial charge < -0.3 is 18.9 Å². The van der Waals surface area contributed by atoms with Crippen LogP contribution in [0.5, 0.6) is 0 Å². The molecule has 0 aromatic heterocycles. The van der Waals surface area contributed by atoms with Gasteiger partial charge in [0.2, 0.25) is 0 Å². The van der Waals surface area contributed by atoms with E-state index in [9.17, 15) is 4.79 Å². The average molecular weight is 276 g/mol. The van der Waals surface area contributed by atoms with Crippen molar-refractivity contribution in [2.24, 2.45) is 0 Å². The summed E-state index contributed by atoms with van der Waals surface area (Å²) in [4.78, 5) is 11.8. The fourth-order valence-corrected chi connectivity index (χ4v) is 1.70. The van der Waals surface area contributed by atoms with E-state index in [4.69, 9.17) is 18.9 Å². The molecule has 0 aliphatic carbocycles. The van der Waals surface area contributed by atoms with Crippen LogP contribution in [-0.4, -0.2) is 51.2 Å². The zero-order chi connectivity index (χ0) is 14.5. The molecule has 0 fully saturated rings. The van der Waals surface area contributed by atoms with Crippen LogP contribution in [0, 0.1) is 0 Å². The molecule has 0 saturated heterocycles. The lowest BCUT2D eigenvalue weighted by Gasteiger charge is -2.26. The summed E-state index contributed by atoms with van der Waals surface area (Å²) in [6.45, 7) is 10.3. The van der Waals surface area contributed by atoms with E-state index >= 15 is 0 Å². The number of carbonyl (C=O) groups excluding carboxylic acids is 1. The van der Waals surface area contributed by atoms with Crippen LogP contribution in [0.2, 0.25) is 0 Å². The maximum absolute atomic E-state index is 11.8. The molecule has 0 amide bonds. The lowest BCUT2D eigenvalue weighted by Crippen LogP contribution is -2.36. The molecular weight excluding hydrogens is 248 g/mol. The van der Waals surface area contributed by atoms with Gasteiger partial charge in [-0.05, 0) is 27.7 Å². The second-order valence-electron chi connectivity index (χ2n) is 3.96. The van der Waals surface area contributed by atoms with Crippen LogP contribution in [0.3, 0.4) is 0 Å². The highest BCUT2D eigenvalue weighted by Gasteiger charge is 2.25. The molecule has 0 aromatic rings. The van der Waals surface area contributed by atoms with Gasteiger partial charge in [0.1, 0.15) is 11.9 Å². The predicted molar refractivity (Wildman–Crippen MR) is 73.2 cm³/mol. The third kappa shape index (κ3) is 9.10. The molecule has 1 unspecified atom stereocenters. The Morgan fingerprint density at radius 1 is 0.895 bits per heavy atom. The first kappa shape index (κ1) is 18.5. The highest BCUT2D eigenvalue weighted by Crippen LogP contribution is 2.12. The highest BCUT2D eigenvalue weighted by atomic mass is 16.7. The van der Waals surface area contributed by atoms with Crippen LogP contribution in [0.15, 0.2) is 0 Å². The second kappa shape index (κ2) is 12.5. The molecule has 0 N–H and O–H groups in total. The summed E-state index contributed by atoms with van der Waals surface area (Å²) in [6.07, 6.45) is -0.126. The molecular formula is C14H28O5. The first-order valence-electron chi connectivity index (χ1n) is 7.13. The molecule has 0 aliphatic rings. The number of rotatable bonds is 13. The van der Waals surface area contributed by atoms with Crippen molar-refractivity contribution in [3.63, 3.8) is 0 Å². The Morgan fingerprint density at radius 2 is 1.47 bits per heavy atom. The van der Waals surface area contributed by atoms with Gasteiger partial charge in [-0.3, -0.25) is 4.79 Å². The van der Waals surface area contributed by atoms with Crippen molar-refractivity contribution in [1.29, 1.82) is 0 Å². The van der Waals surface area contributed by atoms with E-state index in [1.807, 2.05) is 27.7 Å². The van der Waals surface area contributed by atoms with Crippen molar-refractivity contribution >= 4 is 5.78 Å². The minimum absolute atomic E-state index is 0.108. The molecule has 1 atom stereocenters. The minimum atomic E-state index is -0.481. The van der Waals surface area contributed by atoms with Gasteiger partial charge in [0, 0.05) is 39.3 Å². The molecule has 0 saturated carbocycles. The monoisotopic (exact) mass is 276 g/mol. The van der Waals surface area contributed by atoms with Gasteiger partial charge in [-0.25, -0.2) is 0 Å². The normalized spacial score (nSPS) is 12.9. The standard InChI is InChI=1S/C14H28O5/c1-5-16-10-9-12(15)11-13(17-6-2)14(18-7-3)19-8-4/h13-14H,5-11H2,1-4H3. The summed E-state index contributed by atoms with van der Waals surface area (Å²) in [7, 11) is 0. The quantitative estimate of drug-likeness (QED) is 0.381. The van der Waals surface area contributed by atoms with Gasteiger partial charge in [-0.2, -0.15) is 0 Å². The van der Waals surface area contributed by atoms with Crippen LogP contribution in [-0.2, 0) is 23.7 Å². The maximum atomic E-state index is 11.8. The van der Waals surface area contributed by atoms with Crippen LogP contribution in [0.4, 0.5) is 0 Å². The van der Waals surface area contributed by atoms with Crippen LogP contribution < -0.4 is 0 Å². The van der Waals surface area contributed by atoms with E-state index in [1.165, 1.54) is 0 Å². The van der Waals surface area contributed by atoms with E-state index in [0.29, 0.717) is 45.9 Å². The Morgan fingerprint density at radius 3 is 1.95 bits per heavy atom. The molecule has 0 bridgehead atoms. The number of ether oxygens (including phenoxy) is 4. The van der Waals surface area contributed by atoms with Crippen molar-refractivity contribution in [1.82, 2.24) is 0 Å². The minimum Gasteiger partial charge on any atom is -0.381 e. The van der Waals surface area contributed by atoms with E-state index in [-0.39, 0.29) is 11.9 Å². The summed E-state index contributed by atoms with van der Waals surface area (Å²) in [5, 5.41) is 0. The van der Waals surface area contributed by atoms with E-state index in [2.05, 4.69) is 0 Å². The van der Waals surface area contributed by atoms with E-state index in [0.717, 1.165) is 0 Å². The molecule has 5 nitrogen and oxygen atoms in total. The summed E-state index contributed by atoms with van der Waals surface area (Å²) in [6, 6.07) is 0. The Labute approximate surface area is 116 Å². The van der Waals surface area contributed by atoms with Crippen LogP contribution in [0.1, 0.15) is 40.5 Å². The summed E-state index contributed by atoms with van der Waals surface area (Å²) >= 11 is 0. The summed E-state index contributed by atoms with van der Waals surface area (Å²) in [5.74, 6) is 0.108. The Kier molecular flexibility index (Phi) is 12.2. The van der Waals surface area contributed by atoms with Crippen LogP contribution in [0.25, 0.3) is 0 Å². The van der Waals surface area contributed by atoms with E-state index in [1.54, 1.807) is 0 Å². The SMILES string of the molecule is CCOCCC(=O)CC(OCC)C(OCC)OCC. The van der Waals surface area contributed by atoms with Gasteiger partial charge in [0.25, 0.3) is 0 Å². The number of ketones is 1.